The Kier molecular flexibility index (Phi) is 1.61. The van der Waals surface area contributed by atoms with Crippen LogP contribution in [-0.2, 0) is 0 Å². The van der Waals surface area contributed by atoms with E-state index in [1.807, 2.05) is 4.90 Å². The van der Waals surface area contributed by atoms with Crippen molar-refractivity contribution in [2.24, 2.45) is 5.92 Å². The smallest absolute Gasteiger partial charge is 0.179 e. The Labute approximate surface area is 56.1 Å². The summed E-state index contributed by atoms with van der Waals surface area (Å²) in [4.78, 5) is 1.85. The van der Waals surface area contributed by atoms with Crippen LogP contribution in [0.1, 0.15) is 20.3 Å². The summed E-state index contributed by atoms with van der Waals surface area (Å²) >= 11 is 0. The Morgan fingerprint density at radius 2 is 2.22 bits per heavy atom. The third kappa shape index (κ3) is 1.16. The second kappa shape index (κ2) is 2.26. The van der Waals surface area contributed by atoms with E-state index >= 15 is 0 Å². The lowest BCUT2D eigenvalue weighted by atomic mass is 10.1. The molecule has 0 aliphatic carbocycles. The minimum Gasteiger partial charge on any atom is -0.308 e. The normalized spacial score (nSPS) is 34.6. The lowest BCUT2D eigenvalue weighted by Gasteiger charge is -2.11. The summed E-state index contributed by atoms with van der Waals surface area (Å²) in [5, 5.41) is 8.53. The number of likely N-dealkylation sites (tertiary alicyclic amines) is 1. The second-order valence-electron chi connectivity index (χ2n) is 2.94. The molecular weight excluding hydrogens is 112 g/mol. The fourth-order valence-corrected chi connectivity index (χ4v) is 1.44. The number of hydrogen-bond acceptors (Lipinski definition) is 2. The molecule has 1 aliphatic rings. The van der Waals surface area contributed by atoms with Gasteiger partial charge in [0.2, 0.25) is 0 Å². The van der Waals surface area contributed by atoms with Crippen LogP contribution >= 0.6 is 0 Å². The summed E-state index contributed by atoms with van der Waals surface area (Å²) in [6.45, 7) is 5.25. The molecule has 2 atom stereocenters. The molecule has 9 heavy (non-hydrogen) atoms. The predicted octanol–water partition coefficient (Wildman–Crippen LogP) is 1.20. The van der Waals surface area contributed by atoms with Gasteiger partial charge in [-0.1, -0.05) is 6.92 Å². The third-order valence-electron chi connectivity index (χ3n) is 1.91. The molecule has 0 radical (unpaired) electrons. The monoisotopic (exact) mass is 124 g/mol. The highest BCUT2D eigenvalue weighted by molar-refractivity contribution is 4.88. The Morgan fingerprint density at radius 1 is 1.56 bits per heavy atom. The number of hydrogen-bond donors (Lipinski definition) is 0. The van der Waals surface area contributed by atoms with Gasteiger partial charge in [0, 0.05) is 12.6 Å². The van der Waals surface area contributed by atoms with Gasteiger partial charge in [-0.25, -0.2) is 0 Å². The first-order chi connectivity index (χ1) is 4.24. The minimum absolute atomic E-state index is 0.477. The molecule has 1 heterocycles. The van der Waals surface area contributed by atoms with Gasteiger partial charge >= 0.3 is 0 Å². The third-order valence-corrected chi connectivity index (χ3v) is 1.91. The first-order valence-electron chi connectivity index (χ1n) is 3.40. The van der Waals surface area contributed by atoms with Crippen molar-refractivity contribution >= 4 is 0 Å². The standard InChI is InChI=1S/C7H12N2/c1-6-3-7(2)9(4-6)5-8/h6-7H,3-4H2,1-2H3/t6?,7-/m1/s1. The summed E-state index contributed by atoms with van der Waals surface area (Å²) in [6.07, 6.45) is 3.35. The van der Waals surface area contributed by atoms with Crippen molar-refractivity contribution in [3.63, 3.8) is 0 Å². The predicted molar refractivity (Wildman–Crippen MR) is 35.6 cm³/mol. The van der Waals surface area contributed by atoms with E-state index in [9.17, 15) is 0 Å². The van der Waals surface area contributed by atoms with Crippen molar-refractivity contribution in [3.8, 4) is 6.19 Å². The first kappa shape index (κ1) is 6.41. The van der Waals surface area contributed by atoms with Crippen molar-refractivity contribution in [2.75, 3.05) is 6.54 Å². The average Bonchev–Trinajstić information content (AvgIpc) is 2.10. The van der Waals surface area contributed by atoms with Gasteiger partial charge in [0.15, 0.2) is 6.19 Å². The zero-order valence-electron chi connectivity index (χ0n) is 5.96. The first-order valence-corrected chi connectivity index (χ1v) is 3.40. The van der Waals surface area contributed by atoms with Crippen LogP contribution in [0.5, 0.6) is 0 Å². The summed E-state index contributed by atoms with van der Waals surface area (Å²) in [7, 11) is 0. The van der Waals surface area contributed by atoms with Crippen LogP contribution < -0.4 is 0 Å². The molecule has 1 rings (SSSR count). The van der Waals surface area contributed by atoms with E-state index in [1.54, 1.807) is 0 Å². The molecule has 0 bridgehead atoms. The van der Waals surface area contributed by atoms with Crippen LogP contribution in [0.3, 0.4) is 0 Å². The second-order valence-corrected chi connectivity index (χ2v) is 2.94. The van der Waals surface area contributed by atoms with Crippen molar-refractivity contribution in [2.45, 2.75) is 26.3 Å². The fourth-order valence-electron chi connectivity index (χ4n) is 1.44. The molecule has 0 aromatic heterocycles. The van der Waals surface area contributed by atoms with E-state index in [-0.39, 0.29) is 0 Å². The quantitative estimate of drug-likeness (QED) is 0.454. The topological polar surface area (TPSA) is 27.0 Å². The Hall–Kier alpha value is -0.710. The minimum atomic E-state index is 0.477. The average molecular weight is 124 g/mol. The van der Waals surface area contributed by atoms with Crippen LogP contribution in [0.2, 0.25) is 0 Å². The highest BCUT2D eigenvalue weighted by Crippen LogP contribution is 2.20. The van der Waals surface area contributed by atoms with E-state index in [1.165, 1.54) is 6.42 Å². The molecule has 0 N–H and O–H groups in total. The molecule has 0 amide bonds. The number of nitriles is 1. The molecule has 0 saturated carbocycles. The molecular formula is C7H12N2. The van der Waals surface area contributed by atoms with Gasteiger partial charge in [0.1, 0.15) is 0 Å². The molecule has 0 aromatic carbocycles. The van der Waals surface area contributed by atoms with Gasteiger partial charge in [0.25, 0.3) is 0 Å². The zero-order chi connectivity index (χ0) is 6.85. The van der Waals surface area contributed by atoms with E-state index in [4.69, 9.17) is 5.26 Å². The molecule has 1 aliphatic heterocycles. The van der Waals surface area contributed by atoms with Crippen LogP contribution in [0.25, 0.3) is 0 Å². The highest BCUT2D eigenvalue weighted by atomic mass is 15.2. The lowest BCUT2D eigenvalue weighted by Crippen LogP contribution is -2.20. The maximum Gasteiger partial charge on any atom is 0.179 e. The van der Waals surface area contributed by atoms with Crippen molar-refractivity contribution in [1.82, 2.24) is 4.90 Å². The van der Waals surface area contributed by atoms with Gasteiger partial charge in [-0.15, -0.1) is 0 Å². The summed E-state index contributed by atoms with van der Waals surface area (Å²) in [5.41, 5.74) is 0. The molecule has 1 saturated heterocycles. The zero-order valence-corrected chi connectivity index (χ0v) is 5.96. The van der Waals surface area contributed by atoms with E-state index in [0.29, 0.717) is 12.0 Å². The molecule has 1 fully saturated rings. The van der Waals surface area contributed by atoms with Gasteiger partial charge in [-0.2, -0.15) is 5.26 Å². The Morgan fingerprint density at radius 3 is 2.44 bits per heavy atom. The van der Waals surface area contributed by atoms with Gasteiger partial charge in [0.05, 0.1) is 0 Å². The highest BCUT2D eigenvalue weighted by Gasteiger charge is 2.24. The largest absolute Gasteiger partial charge is 0.308 e. The van der Waals surface area contributed by atoms with E-state index in [2.05, 4.69) is 20.0 Å². The molecule has 50 valence electrons. The SMILES string of the molecule is CC1C[C@@H](C)N(C#N)C1. The molecule has 2 heteroatoms. The fraction of sp³-hybridized carbons (Fsp3) is 0.857. The maximum atomic E-state index is 8.53. The van der Waals surface area contributed by atoms with Gasteiger partial charge in [-0.05, 0) is 19.3 Å². The molecule has 2 nitrogen and oxygen atoms in total. The Bertz CT molecular complexity index is 136. The van der Waals surface area contributed by atoms with Crippen LogP contribution in [0.15, 0.2) is 0 Å². The Balaban J connectivity index is 2.50. The van der Waals surface area contributed by atoms with Crippen LogP contribution in [-0.4, -0.2) is 17.5 Å². The van der Waals surface area contributed by atoms with Crippen molar-refractivity contribution in [1.29, 1.82) is 5.26 Å². The molecule has 0 spiro atoms. The van der Waals surface area contributed by atoms with E-state index < -0.39 is 0 Å². The summed E-state index contributed by atoms with van der Waals surface area (Å²) in [6, 6.07) is 0.477. The summed E-state index contributed by atoms with van der Waals surface area (Å²) in [5.74, 6) is 0.708. The van der Waals surface area contributed by atoms with Crippen molar-refractivity contribution < 1.29 is 0 Å². The van der Waals surface area contributed by atoms with Gasteiger partial charge < -0.3 is 4.90 Å². The molecule has 1 unspecified atom stereocenters. The van der Waals surface area contributed by atoms with Crippen molar-refractivity contribution in [3.05, 3.63) is 0 Å². The van der Waals surface area contributed by atoms with Crippen LogP contribution in [0, 0.1) is 17.4 Å². The lowest BCUT2D eigenvalue weighted by molar-refractivity contribution is 0.384. The van der Waals surface area contributed by atoms with Crippen LogP contribution in [0.4, 0.5) is 0 Å². The molecule has 0 aromatic rings. The number of rotatable bonds is 0. The summed E-state index contributed by atoms with van der Waals surface area (Å²) < 4.78 is 0. The van der Waals surface area contributed by atoms with E-state index in [0.717, 1.165) is 6.54 Å². The van der Waals surface area contributed by atoms with Gasteiger partial charge in [-0.3, -0.25) is 0 Å². The maximum absolute atomic E-state index is 8.53. The number of nitrogens with zero attached hydrogens (tertiary/aromatic N) is 2.